The molecule has 4 rings (SSSR count). The first-order valence-electron chi connectivity index (χ1n) is 10.7. The van der Waals surface area contributed by atoms with Crippen LogP contribution in [0.15, 0.2) is 60.9 Å². The molecule has 0 bridgehead atoms. The summed E-state index contributed by atoms with van der Waals surface area (Å²) in [5.41, 5.74) is 7.79. The highest BCUT2D eigenvalue weighted by atomic mass is 16.4. The van der Waals surface area contributed by atoms with Crippen LogP contribution in [0.3, 0.4) is 0 Å². The highest BCUT2D eigenvalue weighted by Crippen LogP contribution is 2.30. The van der Waals surface area contributed by atoms with Gasteiger partial charge in [-0.05, 0) is 72.2 Å². The summed E-state index contributed by atoms with van der Waals surface area (Å²) in [6.07, 6.45) is 6.73. The van der Waals surface area contributed by atoms with Gasteiger partial charge in [-0.3, -0.25) is 4.98 Å². The van der Waals surface area contributed by atoms with Gasteiger partial charge in [-0.1, -0.05) is 32.0 Å². The molecule has 3 aromatic rings. The Morgan fingerprint density at radius 1 is 1.03 bits per heavy atom. The third-order valence-corrected chi connectivity index (χ3v) is 5.74. The predicted octanol–water partition coefficient (Wildman–Crippen LogP) is 5.89. The van der Waals surface area contributed by atoms with Gasteiger partial charge < -0.3 is 15.3 Å². The Hall–Kier alpha value is -3.34. The smallest absolute Gasteiger partial charge is 0.337 e. The minimum absolute atomic E-state index is 0.238. The molecule has 0 atom stereocenters. The maximum atomic E-state index is 10.5. The van der Waals surface area contributed by atoms with Crippen molar-refractivity contribution in [2.45, 2.75) is 39.0 Å². The summed E-state index contributed by atoms with van der Waals surface area (Å²) in [6, 6.07) is 17.3. The predicted molar refractivity (Wildman–Crippen MR) is 128 cm³/mol. The van der Waals surface area contributed by atoms with Crippen molar-refractivity contribution >= 4 is 23.0 Å². The Bertz CT molecular complexity index is 1030. The number of carbonyl (C=O) groups is 1. The molecule has 0 saturated carbocycles. The van der Waals surface area contributed by atoms with E-state index >= 15 is 0 Å². The van der Waals surface area contributed by atoms with Crippen LogP contribution < -0.4 is 10.2 Å². The van der Waals surface area contributed by atoms with Gasteiger partial charge in [0.2, 0.25) is 0 Å². The highest BCUT2D eigenvalue weighted by Gasteiger charge is 2.13. The van der Waals surface area contributed by atoms with Crippen LogP contribution >= 0.6 is 0 Å². The van der Waals surface area contributed by atoms with Gasteiger partial charge in [0.15, 0.2) is 0 Å². The van der Waals surface area contributed by atoms with Crippen molar-refractivity contribution in [3.8, 4) is 0 Å². The number of hydrogen-bond acceptors (Lipinski definition) is 4. The number of carboxylic acids is 1. The van der Waals surface area contributed by atoms with Crippen molar-refractivity contribution in [1.82, 2.24) is 4.98 Å². The molecule has 1 heterocycles. The van der Waals surface area contributed by atoms with Crippen LogP contribution in [0.2, 0.25) is 0 Å². The number of nitrogens with zero attached hydrogens (tertiary/aromatic N) is 2. The van der Waals surface area contributed by atoms with Crippen LogP contribution in [0.25, 0.3) is 0 Å². The molecule has 0 amide bonds. The first-order chi connectivity index (χ1) is 14.9. The molecule has 162 valence electrons. The Balaban J connectivity index is 0.000000210. The van der Waals surface area contributed by atoms with Gasteiger partial charge in [-0.2, -0.15) is 0 Å². The quantitative estimate of drug-likeness (QED) is 0.542. The Morgan fingerprint density at radius 2 is 1.71 bits per heavy atom. The number of anilines is 3. The van der Waals surface area contributed by atoms with E-state index < -0.39 is 5.97 Å². The monoisotopic (exact) mass is 417 g/mol. The number of nitrogens with one attached hydrogen (secondary N) is 1. The maximum Gasteiger partial charge on any atom is 0.337 e. The molecule has 31 heavy (non-hydrogen) atoms. The minimum Gasteiger partial charge on any atom is -0.478 e. The fourth-order valence-corrected chi connectivity index (χ4v) is 3.78. The molecule has 0 unspecified atom stereocenters. The second-order valence-electron chi connectivity index (χ2n) is 8.09. The summed E-state index contributed by atoms with van der Waals surface area (Å²) < 4.78 is 0. The van der Waals surface area contributed by atoms with Gasteiger partial charge in [0.05, 0.1) is 17.4 Å². The Labute approximate surface area is 184 Å². The Kier molecular flexibility index (Phi) is 7.29. The van der Waals surface area contributed by atoms with Gasteiger partial charge >= 0.3 is 5.97 Å². The number of benzene rings is 2. The molecule has 1 aromatic heterocycles. The van der Waals surface area contributed by atoms with Crippen LogP contribution in [0.4, 0.5) is 17.1 Å². The largest absolute Gasteiger partial charge is 0.478 e. The number of aryl methyl sites for hydroxylation is 2. The lowest BCUT2D eigenvalue weighted by Crippen LogP contribution is -2.09. The third kappa shape index (κ3) is 5.43. The zero-order chi connectivity index (χ0) is 22.4. The molecular formula is C26H31N3O2. The SMILES string of the molecule is CC(C)c1ccc(N(C)c2ccc3c(c2)CCC3)cc1.CNc1cnccc1C(=O)O. The number of fused-ring (bicyclic) bond motifs is 1. The molecule has 1 aliphatic rings. The van der Waals surface area contributed by atoms with Crippen molar-refractivity contribution in [3.05, 3.63) is 83.2 Å². The molecular weight excluding hydrogens is 386 g/mol. The van der Waals surface area contributed by atoms with Crippen LogP contribution in [-0.4, -0.2) is 30.2 Å². The molecule has 0 spiro atoms. The summed E-state index contributed by atoms with van der Waals surface area (Å²) in [7, 11) is 3.81. The van der Waals surface area contributed by atoms with E-state index in [2.05, 4.69) is 78.6 Å². The lowest BCUT2D eigenvalue weighted by atomic mass is 10.0. The Morgan fingerprint density at radius 3 is 2.32 bits per heavy atom. The number of carboxylic acid groups (broad SMARTS) is 1. The summed E-state index contributed by atoms with van der Waals surface area (Å²) in [5, 5.41) is 11.4. The first-order valence-corrected chi connectivity index (χ1v) is 10.7. The third-order valence-electron chi connectivity index (χ3n) is 5.74. The zero-order valence-electron chi connectivity index (χ0n) is 18.7. The van der Waals surface area contributed by atoms with Crippen LogP contribution in [0.5, 0.6) is 0 Å². The van der Waals surface area contributed by atoms with Crippen molar-refractivity contribution in [2.24, 2.45) is 0 Å². The van der Waals surface area contributed by atoms with E-state index in [9.17, 15) is 4.79 Å². The number of aromatic nitrogens is 1. The molecule has 0 fully saturated rings. The highest BCUT2D eigenvalue weighted by molar-refractivity contribution is 5.93. The molecule has 0 radical (unpaired) electrons. The average molecular weight is 418 g/mol. The van der Waals surface area contributed by atoms with Gasteiger partial charge in [0.25, 0.3) is 0 Å². The van der Waals surface area contributed by atoms with Gasteiger partial charge in [0.1, 0.15) is 0 Å². The zero-order valence-corrected chi connectivity index (χ0v) is 18.7. The van der Waals surface area contributed by atoms with E-state index in [1.807, 2.05) is 0 Å². The molecule has 2 aromatic carbocycles. The van der Waals surface area contributed by atoms with E-state index in [1.54, 1.807) is 7.05 Å². The van der Waals surface area contributed by atoms with Crippen LogP contribution in [0.1, 0.15) is 53.2 Å². The lowest BCUT2D eigenvalue weighted by molar-refractivity contribution is 0.0698. The molecule has 5 heteroatoms. The lowest BCUT2D eigenvalue weighted by Gasteiger charge is -2.21. The topological polar surface area (TPSA) is 65.5 Å². The fourth-order valence-electron chi connectivity index (χ4n) is 3.78. The summed E-state index contributed by atoms with van der Waals surface area (Å²) in [5.74, 6) is -0.355. The number of hydrogen-bond donors (Lipinski definition) is 2. The summed E-state index contributed by atoms with van der Waals surface area (Å²) in [4.78, 5) is 16.6. The average Bonchev–Trinajstić information content (AvgIpc) is 3.27. The van der Waals surface area contributed by atoms with Crippen molar-refractivity contribution in [1.29, 1.82) is 0 Å². The van der Waals surface area contributed by atoms with E-state index in [0.29, 0.717) is 11.6 Å². The minimum atomic E-state index is -0.947. The normalized spacial score (nSPS) is 12.0. The molecule has 0 aliphatic heterocycles. The van der Waals surface area contributed by atoms with E-state index in [4.69, 9.17) is 5.11 Å². The van der Waals surface area contributed by atoms with Crippen molar-refractivity contribution in [3.63, 3.8) is 0 Å². The van der Waals surface area contributed by atoms with E-state index in [-0.39, 0.29) is 5.56 Å². The standard InChI is InChI=1S/C19H23N.C7H8N2O2/c1-14(2)15-7-10-18(11-8-15)20(3)19-12-9-16-5-4-6-17(16)13-19;1-8-6-4-9-3-2-5(6)7(10)11/h7-14H,4-6H2,1-3H3;2-4,8H,1H3,(H,10,11). The van der Waals surface area contributed by atoms with Gasteiger partial charge in [-0.25, -0.2) is 4.79 Å². The first kappa shape index (κ1) is 22.3. The number of pyridine rings is 1. The van der Waals surface area contributed by atoms with E-state index in [1.165, 1.54) is 65.8 Å². The van der Waals surface area contributed by atoms with Crippen molar-refractivity contribution < 1.29 is 9.90 Å². The number of aromatic carboxylic acids is 1. The molecule has 1 aliphatic carbocycles. The summed E-state index contributed by atoms with van der Waals surface area (Å²) >= 11 is 0. The number of rotatable bonds is 5. The second kappa shape index (κ2) is 10.1. The summed E-state index contributed by atoms with van der Waals surface area (Å²) in [6.45, 7) is 4.47. The second-order valence-corrected chi connectivity index (χ2v) is 8.09. The van der Waals surface area contributed by atoms with Crippen molar-refractivity contribution in [2.75, 3.05) is 24.3 Å². The molecule has 2 N–H and O–H groups in total. The van der Waals surface area contributed by atoms with Crippen LogP contribution in [-0.2, 0) is 12.8 Å². The van der Waals surface area contributed by atoms with Gasteiger partial charge in [0, 0.05) is 31.7 Å². The molecule has 5 nitrogen and oxygen atoms in total. The van der Waals surface area contributed by atoms with Crippen LogP contribution in [0, 0.1) is 0 Å². The van der Waals surface area contributed by atoms with Gasteiger partial charge in [-0.15, -0.1) is 0 Å². The fraction of sp³-hybridized carbons (Fsp3) is 0.308. The molecule has 0 saturated heterocycles. The van der Waals surface area contributed by atoms with E-state index in [0.717, 1.165) is 0 Å². The maximum absolute atomic E-state index is 10.5.